The maximum absolute atomic E-state index is 12.5. The number of piperidine rings is 1. The quantitative estimate of drug-likeness (QED) is 0.280. The van der Waals surface area contributed by atoms with Gasteiger partial charge in [0.15, 0.2) is 0 Å². The van der Waals surface area contributed by atoms with Crippen LogP contribution in [-0.2, 0) is 24.3 Å². The van der Waals surface area contributed by atoms with E-state index in [0.29, 0.717) is 32.1 Å². The normalized spacial score (nSPS) is 23.2. The lowest BCUT2D eigenvalue weighted by atomic mass is 9.61. The van der Waals surface area contributed by atoms with Crippen LogP contribution in [0.1, 0.15) is 63.2 Å². The lowest BCUT2D eigenvalue weighted by Gasteiger charge is -2.53. The van der Waals surface area contributed by atoms with E-state index < -0.39 is 17.6 Å². The van der Waals surface area contributed by atoms with Gasteiger partial charge in [-0.1, -0.05) is 44.2 Å². The summed E-state index contributed by atoms with van der Waals surface area (Å²) in [5.74, 6) is 1.03. The number of rotatable bonds is 12. The zero-order valence-electron chi connectivity index (χ0n) is 23.3. The van der Waals surface area contributed by atoms with Gasteiger partial charge in [-0.3, -0.25) is 15.0 Å². The molecule has 210 valence electrons. The van der Waals surface area contributed by atoms with Crippen LogP contribution >= 0.6 is 0 Å². The van der Waals surface area contributed by atoms with Crippen molar-refractivity contribution in [3.63, 3.8) is 0 Å². The fourth-order valence-corrected chi connectivity index (χ4v) is 7.27. The molecule has 5 rings (SSSR count). The minimum Gasteiger partial charge on any atom is -0.480 e. The van der Waals surface area contributed by atoms with Crippen molar-refractivity contribution in [3.05, 3.63) is 72.3 Å². The number of carbonyl (C=O) groups is 1. The van der Waals surface area contributed by atoms with Crippen molar-refractivity contribution in [2.75, 3.05) is 19.6 Å². The highest BCUT2D eigenvalue weighted by molar-refractivity contribution is 5.74. The Bertz CT molecular complexity index is 1120. The van der Waals surface area contributed by atoms with E-state index in [0.717, 1.165) is 56.8 Å². The minimum atomic E-state index is -0.754. The molecule has 2 fully saturated rings. The third-order valence-corrected chi connectivity index (χ3v) is 9.27. The van der Waals surface area contributed by atoms with Crippen LogP contribution in [0.4, 0.5) is 0 Å². The van der Waals surface area contributed by atoms with Crippen molar-refractivity contribution in [3.8, 4) is 0 Å². The molecule has 0 saturated carbocycles. The Morgan fingerprint density at radius 3 is 2.18 bits per heavy atom. The van der Waals surface area contributed by atoms with Gasteiger partial charge in [-0.05, 0) is 62.6 Å². The summed E-state index contributed by atoms with van der Waals surface area (Å²) in [4.78, 5) is 33.1. The average molecular weight is 534 g/mol. The van der Waals surface area contributed by atoms with Crippen molar-refractivity contribution < 1.29 is 9.90 Å². The van der Waals surface area contributed by atoms with Gasteiger partial charge < -0.3 is 20.0 Å². The van der Waals surface area contributed by atoms with E-state index in [-0.39, 0.29) is 5.41 Å². The molecule has 2 unspecified atom stereocenters. The summed E-state index contributed by atoms with van der Waals surface area (Å²) in [7, 11) is 0. The van der Waals surface area contributed by atoms with Gasteiger partial charge in [0, 0.05) is 42.9 Å². The molecule has 2 aliphatic heterocycles. The molecule has 9 heteroatoms. The van der Waals surface area contributed by atoms with Crippen LogP contribution in [0.5, 0.6) is 0 Å². The number of nitrogens with one attached hydrogen (secondary N) is 3. The lowest BCUT2D eigenvalue weighted by molar-refractivity contribution is -0.139. The summed E-state index contributed by atoms with van der Waals surface area (Å²) >= 11 is 0. The van der Waals surface area contributed by atoms with E-state index in [2.05, 4.69) is 73.2 Å². The van der Waals surface area contributed by atoms with Crippen LogP contribution in [0, 0.1) is 5.41 Å². The highest BCUT2D eigenvalue weighted by Gasteiger charge is 2.60. The van der Waals surface area contributed by atoms with Gasteiger partial charge in [-0.15, -0.1) is 0 Å². The van der Waals surface area contributed by atoms with Crippen molar-refractivity contribution >= 4 is 5.97 Å². The molecule has 39 heavy (non-hydrogen) atoms. The standard InChI is InChI=1S/C30H43N7O2/c1-3-24(4-2)37-16-10-29(11-17-37)19-25(28(38)39)35-30(29,18-23-8-6-5-7-9-23)22-36(20-26-31-12-13-32-26)21-27-33-14-15-34-27/h5-9,12-15,24-25,35H,3-4,10-11,16-22H2,1-2H3,(H,31,32)(H,33,34)(H,38,39). The highest BCUT2D eigenvalue weighted by atomic mass is 16.4. The summed E-state index contributed by atoms with van der Waals surface area (Å²) in [6.45, 7) is 8.51. The van der Waals surface area contributed by atoms with Crippen molar-refractivity contribution in [1.82, 2.24) is 35.1 Å². The highest BCUT2D eigenvalue weighted by Crippen LogP contribution is 2.52. The van der Waals surface area contributed by atoms with Crippen LogP contribution in [0.2, 0.25) is 0 Å². The summed E-state index contributed by atoms with van der Waals surface area (Å²) in [6.07, 6.45) is 13.0. The molecule has 2 aromatic heterocycles. The van der Waals surface area contributed by atoms with E-state index in [1.807, 2.05) is 18.5 Å². The van der Waals surface area contributed by atoms with Crippen LogP contribution in [0.25, 0.3) is 0 Å². The first-order valence-electron chi connectivity index (χ1n) is 14.4. The number of nitrogens with zero attached hydrogens (tertiary/aromatic N) is 4. The van der Waals surface area contributed by atoms with Crippen molar-refractivity contribution in [1.29, 1.82) is 0 Å². The molecule has 0 aliphatic carbocycles. The molecule has 1 spiro atoms. The van der Waals surface area contributed by atoms with Gasteiger partial charge in [0.2, 0.25) is 0 Å². The Morgan fingerprint density at radius 1 is 1.05 bits per heavy atom. The summed E-state index contributed by atoms with van der Waals surface area (Å²) in [6, 6.07) is 10.6. The van der Waals surface area contributed by atoms with Gasteiger partial charge in [0.25, 0.3) is 0 Å². The van der Waals surface area contributed by atoms with Crippen LogP contribution in [0.3, 0.4) is 0 Å². The molecule has 4 N–H and O–H groups in total. The Balaban J connectivity index is 1.52. The molecule has 2 atom stereocenters. The number of hydrogen-bond acceptors (Lipinski definition) is 6. The maximum Gasteiger partial charge on any atom is 0.320 e. The minimum absolute atomic E-state index is 0.140. The second-order valence-electron chi connectivity index (χ2n) is 11.5. The number of H-pyrrole nitrogens is 2. The number of hydrogen-bond donors (Lipinski definition) is 4. The topological polar surface area (TPSA) is 113 Å². The van der Waals surface area contributed by atoms with E-state index in [1.165, 1.54) is 5.56 Å². The van der Waals surface area contributed by atoms with Gasteiger partial charge in [0.05, 0.1) is 13.1 Å². The summed E-state index contributed by atoms with van der Waals surface area (Å²) in [5.41, 5.74) is 0.670. The van der Waals surface area contributed by atoms with E-state index in [4.69, 9.17) is 0 Å². The van der Waals surface area contributed by atoms with Crippen molar-refractivity contribution in [2.24, 2.45) is 5.41 Å². The number of benzene rings is 1. The predicted octanol–water partition coefficient (Wildman–Crippen LogP) is 3.83. The molecular formula is C30H43N7O2. The van der Waals surface area contributed by atoms with E-state index in [9.17, 15) is 9.90 Å². The van der Waals surface area contributed by atoms with E-state index >= 15 is 0 Å². The second-order valence-corrected chi connectivity index (χ2v) is 11.5. The van der Waals surface area contributed by atoms with Crippen molar-refractivity contribution in [2.45, 2.75) is 83.1 Å². The number of aliphatic carboxylic acids is 1. The van der Waals surface area contributed by atoms with Crippen LogP contribution in [-0.4, -0.2) is 78.1 Å². The number of aromatic nitrogens is 4. The maximum atomic E-state index is 12.5. The Hall–Kier alpha value is -3.01. The average Bonchev–Trinajstić information content (AvgIpc) is 3.70. The molecule has 0 bridgehead atoms. The number of aromatic amines is 2. The molecule has 1 aromatic carbocycles. The molecule has 2 saturated heterocycles. The first-order valence-corrected chi connectivity index (χ1v) is 14.4. The van der Waals surface area contributed by atoms with Crippen LogP contribution in [0.15, 0.2) is 55.1 Å². The number of carboxylic acids is 1. The largest absolute Gasteiger partial charge is 0.480 e. The molecule has 3 aromatic rings. The predicted molar refractivity (Wildman–Crippen MR) is 151 cm³/mol. The van der Waals surface area contributed by atoms with Crippen LogP contribution < -0.4 is 5.32 Å². The van der Waals surface area contributed by atoms with Gasteiger partial charge in [-0.2, -0.15) is 0 Å². The van der Waals surface area contributed by atoms with Gasteiger partial charge in [0.1, 0.15) is 17.7 Å². The molecule has 9 nitrogen and oxygen atoms in total. The molecule has 2 aliphatic rings. The summed E-state index contributed by atoms with van der Waals surface area (Å²) < 4.78 is 0. The monoisotopic (exact) mass is 533 g/mol. The molecule has 0 radical (unpaired) electrons. The molecular weight excluding hydrogens is 490 g/mol. The third-order valence-electron chi connectivity index (χ3n) is 9.27. The first-order chi connectivity index (χ1) is 19.0. The SMILES string of the molecule is CCC(CC)N1CCC2(CC1)CC(C(=O)O)NC2(Cc1ccccc1)CN(Cc1ncc[nH]1)Cc1ncc[nH]1. The number of carboxylic acid groups (broad SMARTS) is 1. The van der Waals surface area contributed by atoms with Gasteiger partial charge in [-0.25, -0.2) is 9.97 Å². The molecule has 0 amide bonds. The zero-order chi connectivity index (χ0) is 27.3. The zero-order valence-corrected chi connectivity index (χ0v) is 23.3. The first kappa shape index (κ1) is 27.6. The lowest BCUT2D eigenvalue weighted by Crippen LogP contribution is -2.63. The fraction of sp³-hybridized carbons (Fsp3) is 0.567. The Morgan fingerprint density at radius 2 is 1.67 bits per heavy atom. The van der Waals surface area contributed by atoms with E-state index in [1.54, 1.807) is 12.4 Å². The Labute approximate surface area is 231 Å². The number of imidazole rings is 2. The molecule has 4 heterocycles. The third kappa shape index (κ3) is 5.95. The summed E-state index contributed by atoms with van der Waals surface area (Å²) in [5, 5.41) is 14.0. The fourth-order valence-electron chi connectivity index (χ4n) is 7.27. The Kier molecular flexibility index (Phi) is 8.49. The number of likely N-dealkylation sites (tertiary alicyclic amines) is 1. The second kappa shape index (κ2) is 12.0. The smallest absolute Gasteiger partial charge is 0.320 e. The van der Waals surface area contributed by atoms with Gasteiger partial charge >= 0.3 is 5.97 Å².